The Morgan fingerprint density at radius 3 is 2.59 bits per heavy atom. The molecule has 4 N–H and O–H groups in total. The lowest BCUT2D eigenvalue weighted by Gasteiger charge is -2.36. The molecule has 2 aromatic carbocycles. The molecule has 2 aliphatic heterocycles. The van der Waals surface area contributed by atoms with E-state index in [0.717, 1.165) is 16.9 Å². The molecule has 1 saturated heterocycles. The van der Waals surface area contributed by atoms with Gasteiger partial charge in [-0.2, -0.15) is 5.90 Å². The van der Waals surface area contributed by atoms with Gasteiger partial charge >= 0.3 is 6.03 Å². The van der Waals surface area contributed by atoms with Crippen molar-refractivity contribution in [3.63, 3.8) is 0 Å². The maximum atomic E-state index is 13.4. The molecule has 34 heavy (non-hydrogen) atoms. The number of nitrogens with two attached hydrogens (primary N) is 1. The number of imidazole rings is 1. The van der Waals surface area contributed by atoms with Crippen molar-refractivity contribution in [3.05, 3.63) is 89.7 Å². The summed E-state index contributed by atoms with van der Waals surface area (Å²) in [5.74, 6) is 4.51. The summed E-state index contributed by atoms with van der Waals surface area (Å²) in [4.78, 5) is 49.3. The highest BCUT2D eigenvalue weighted by Gasteiger charge is 2.56. The van der Waals surface area contributed by atoms with Crippen LogP contribution in [-0.2, 0) is 17.0 Å². The van der Waals surface area contributed by atoms with E-state index < -0.39 is 23.5 Å². The lowest BCUT2D eigenvalue weighted by molar-refractivity contribution is -0.130. The monoisotopic (exact) mass is 454 g/mol. The van der Waals surface area contributed by atoms with Crippen LogP contribution in [0.25, 0.3) is 16.9 Å². The molecule has 2 aromatic heterocycles. The first-order valence-corrected chi connectivity index (χ1v) is 10.5. The Hall–Kier alpha value is -4.70. The van der Waals surface area contributed by atoms with E-state index in [9.17, 15) is 14.4 Å². The molecule has 0 aliphatic carbocycles. The Kier molecular flexibility index (Phi) is 4.20. The minimum atomic E-state index is -1.70. The van der Waals surface area contributed by atoms with Crippen LogP contribution in [0.2, 0.25) is 0 Å². The number of urea groups is 1. The van der Waals surface area contributed by atoms with Gasteiger partial charge in [0, 0.05) is 29.4 Å². The van der Waals surface area contributed by atoms with Crippen LogP contribution in [0.5, 0.6) is 5.75 Å². The third-order valence-corrected chi connectivity index (χ3v) is 6.29. The summed E-state index contributed by atoms with van der Waals surface area (Å²) < 4.78 is 1.95. The van der Waals surface area contributed by atoms with Gasteiger partial charge in [0.05, 0.1) is 11.9 Å². The first kappa shape index (κ1) is 19.9. The van der Waals surface area contributed by atoms with E-state index in [2.05, 4.69) is 15.6 Å². The normalized spacial score (nSPS) is 19.3. The number of hydrogen-bond donors (Lipinski definition) is 3. The highest BCUT2D eigenvalue weighted by atomic mass is 16.6. The number of carbonyl (C=O) groups excluding carboxylic acids is 3. The molecule has 1 atom stereocenters. The van der Waals surface area contributed by atoms with Gasteiger partial charge in [0.1, 0.15) is 11.4 Å². The summed E-state index contributed by atoms with van der Waals surface area (Å²) in [5, 5.41) is 4.96. The van der Waals surface area contributed by atoms with Gasteiger partial charge in [-0.25, -0.2) is 9.78 Å². The molecule has 0 unspecified atom stereocenters. The topological polar surface area (TPSA) is 131 Å². The fourth-order valence-electron chi connectivity index (χ4n) is 4.65. The second-order valence-corrected chi connectivity index (χ2v) is 8.10. The lowest BCUT2D eigenvalue weighted by atomic mass is 9.95. The number of carbonyl (C=O) groups is 3. The van der Waals surface area contributed by atoms with Crippen molar-refractivity contribution in [3.8, 4) is 17.0 Å². The van der Waals surface area contributed by atoms with E-state index in [1.807, 2.05) is 40.9 Å². The summed E-state index contributed by atoms with van der Waals surface area (Å²) in [6.07, 6.45) is 3.68. The molecule has 1 fully saturated rings. The summed E-state index contributed by atoms with van der Waals surface area (Å²) in [5.41, 5.74) is 2.35. The van der Waals surface area contributed by atoms with Crippen molar-refractivity contribution in [1.29, 1.82) is 0 Å². The van der Waals surface area contributed by atoms with Crippen molar-refractivity contribution in [1.82, 2.24) is 24.9 Å². The number of benzene rings is 2. The van der Waals surface area contributed by atoms with Crippen LogP contribution in [0, 0.1) is 0 Å². The average molecular weight is 454 g/mol. The van der Waals surface area contributed by atoms with Gasteiger partial charge in [-0.3, -0.25) is 24.2 Å². The molecule has 6 rings (SSSR count). The average Bonchev–Trinajstić information content (AvgIpc) is 3.52. The largest absolute Gasteiger partial charge is 0.412 e. The summed E-state index contributed by atoms with van der Waals surface area (Å²) in [6.45, 7) is 0.127. The summed E-state index contributed by atoms with van der Waals surface area (Å²) in [6, 6.07) is 17.1. The summed E-state index contributed by atoms with van der Waals surface area (Å²) in [7, 11) is 0. The number of hydrogen-bond acceptors (Lipinski definition) is 6. The number of pyridine rings is 1. The zero-order valence-electron chi connectivity index (χ0n) is 17.7. The molecular formula is C24H18N6O4. The molecule has 168 valence electrons. The number of rotatable bonds is 4. The zero-order chi connectivity index (χ0) is 23.4. The van der Waals surface area contributed by atoms with Crippen molar-refractivity contribution < 1.29 is 19.2 Å². The molecule has 4 aromatic rings. The van der Waals surface area contributed by atoms with Gasteiger partial charge in [0.2, 0.25) is 5.66 Å². The van der Waals surface area contributed by atoms with Crippen molar-refractivity contribution in [2.24, 2.45) is 5.90 Å². The second-order valence-electron chi connectivity index (χ2n) is 8.10. The van der Waals surface area contributed by atoms with Crippen LogP contribution >= 0.6 is 0 Å². The van der Waals surface area contributed by atoms with Crippen molar-refractivity contribution in [2.45, 2.75) is 12.2 Å². The molecule has 0 bridgehead atoms. The van der Waals surface area contributed by atoms with E-state index in [-0.39, 0.29) is 6.54 Å². The van der Waals surface area contributed by atoms with E-state index in [1.54, 1.807) is 30.5 Å². The minimum Gasteiger partial charge on any atom is -0.412 e. The van der Waals surface area contributed by atoms with Crippen molar-refractivity contribution in [2.75, 3.05) is 0 Å². The van der Waals surface area contributed by atoms with Gasteiger partial charge in [-0.05, 0) is 29.8 Å². The minimum absolute atomic E-state index is 0.127. The first-order chi connectivity index (χ1) is 16.5. The maximum Gasteiger partial charge on any atom is 0.324 e. The molecule has 2 aliphatic rings. The lowest BCUT2D eigenvalue weighted by Crippen LogP contribution is -2.58. The predicted octanol–water partition coefficient (Wildman–Crippen LogP) is 1.90. The highest BCUT2D eigenvalue weighted by Crippen LogP contribution is 2.38. The van der Waals surface area contributed by atoms with Crippen LogP contribution < -0.4 is 21.4 Å². The van der Waals surface area contributed by atoms with Gasteiger partial charge in [0.25, 0.3) is 11.8 Å². The van der Waals surface area contributed by atoms with Gasteiger partial charge < -0.3 is 10.2 Å². The van der Waals surface area contributed by atoms with Crippen LogP contribution in [-0.4, -0.2) is 32.1 Å². The Labute approximate surface area is 192 Å². The number of aromatic nitrogens is 2. The number of amides is 4. The Morgan fingerprint density at radius 1 is 1.03 bits per heavy atom. The molecule has 4 amide bonds. The molecule has 0 radical (unpaired) electrons. The fourth-order valence-corrected chi connectivity index (χ4v) is 4.65. The standard InChI is InChI=1S/C24H18N6O4/c25-34-17-9-6-15-13-30(21(31)18(15)11-17)24(22(32)27-23(33)28-24)16-7-4-14(5-8-16)19-12-26-20-3-1-2-10-29(19)20/h1-12H,13,25H2,(H2,27,28,32,33)/t24-/m1/s1. The van der Waals surface area contributed by atoms with Gasteiger partial charge in [-0.1, -0.05) is 36.4 Å². The smallest absolute Gasteiger partial charge is 0.324 e. The SMILES string of the molecule is NOc1ccc2c(c1)C(=O)N([C@@]1(c3ccc(-c4cnc5ccccn45)cc3)NC(=O)NC1=O)C2. The molecule has 0 saturated carbocycles. The van der Waals surface area contributed by atoms with Crippen LogP contribution in [0.3, 0.4) is 0 Å². The number of fused-ring (bicyclic) bond motifs is 2. The molecule has 4 heterocycles. The van der Waals surface area contributed by atoms with E-state index in [1.165, 1.54) is 11.0 Å². The number of nitrogens with zero attached hydrogens (tertiary/aromatic N) is 3. The first-order valence-electron chi connectivity index (χ1n) is 10.5. The molecule has 10 heteroatoms. The highest BCUT2D eigenvalue weighted by molar-refractivity contribution is 6.11. The van der Waals surface area contributed by atoms with Crippen LogP contribution in [0.4, 0.5) is 4.79 Å². The van der Waals surface area contributed by atoms with Gasteiger partial charge in [-0.15, -0.1) is 0 Å². The van der Waals surface area contributed by atoms with Gasteiger partial charge in [0.15, 0.2) is 0 Å². The molecular weight excluding hydrogens is 436 g/mol. The third kappa shape index (κ3) is 2.72. The zero-order valence-corrected chi connectivity index (χ0v) is 17.7. The third-order valence-electron chi connectivity index (χ3n) is 6.29. The van der Waals surface area contributed by atoms with E-state index in [4.69, 9.17) is 10.7 Å². The quantitative estimate of drug-likeness (QED) is 0.319. The Morgan fingerprint density at radius 2 is 1.85 bits per heavy atom. The summed E-state index contributed by atoms with van der Waals surface area (Å²) >= 11 is 0. The van der Waals surface area contributed by atoms with Crippen molar-refractivity contribution >= 4 is 23.5 Å². The number of nitrogens with one attached hydrogen (secondary N) is 2. The fraction of sp³-hybridized carbons (Fsp3) is 0.0833. The number of imide groups is 1. The Bertz CT molecular complexity index is 1500. The Balaban J connectivity index is 1.43. The molecule has 10 nitrogen and oxygen atoms in total. The predicted molar refractivity (Wildman–Crippen MR) is 120 cm³/mol. The van der Waals surface area contributed by atoms with E-state index in [0.29, 0.717) is 22.4 Å². The second kappa shape index (κ2) is 7.15. The van der Waals surface area contributed by atoms with Crippen LogP contribution in [0.1, 0.15) is 21.5 Å². The molecule has 0 spiro atoms. The van der Waals surface area contributed by atoms with E-state index >= 15 is 0 Å². The maximum absolute atomic E-state index is 13.4. The van der Waals surface area contributed by atoms with Crippen LogP contribution in [0.15, 0.2) is 73.1 Å².